The third-order valence-electron chi connectivity index (χ3n) is 1.77. The highest BCUT2D eigenvalue weighted by Gasteiger charge is 2.37. The van der Waals surface area contributed by atoms with Gasteiger partial charge in [-0.05, 0) is 0 Å². The molecule has 0 atom stereocenters. The van der Waals surface area contributed by atoms with Crippen molar-refractivity contribution in [2.45, 2.75) is 17.9 Å². The molecule has 0 saturated carbocycles. The molecule has 0 spiro atoms. The maximum absolute atomic E-state index is 12.4. The fraction of sp³-hybridized carbons (Fsp3) is 0.375. The van der Waals surface area contributed by atoms with Crippen molar-refractivity contribution in [3.8, 4) is 0 Å². The minimum Gasteiger partial charge on any atom is -0.251 e. The fourth-order valence-corrected chi connectivity index (χ4v) is 2.06. The summed E-state index contributed by atoms with van der Waals surface area (Å²) in [4.78, 5) is 2.98. The number of nitrogens with zero attached hydrogens (tertiary/aromatic N) is 1. The highest BCUT2D eigenvalue weighted by atomic mass is 79.9. The number of rotatable bonds is 2. The standard InChI is InChI=1S/C8H4BrClF5N/c9-1-3-5(10)4(7(11)12)2-16-6(3)8(13,14)15/h2,7H,1H2. The predicted molar refractivity (Wildman–Crippen MR) is 51.8 cm³/mol. The van der Waals surface area contributed by atoms with Crippen molar-refractivity contribution in [3.05, 3.63) is 28.0 Å². The summed E-state index contributed by atoms with van der Waals surface area (Å²) < 4.78 is 62.0. The molecular formula is C8H4BrClF5N. The Bertz CT molecular complexity index is 393. The van der Waals surface area contributed by atoms with E-state index in [4.69, 9.17) is 11.6 Å². The van der Waals surface area contributed by atoms with E-state index < -0.39 is 34.4 Å². The molecule has 1 aromatic rings. The van der Waals surface area contributed by atoms with Gasteiger partial charge in [0.05, 0.1) is 10.6 Å². The van der Waals surface area contributed by atoms with E-state index >= 15 is 0 Å². The molecule has 0 unspecified atom stereocenters. The first kappa shape index (κ1) is 13.6. The van der Waals surface area contributed by atoms with E-state index in [0.29, 0.717) is 6.20 Å². The molecule has 1 nitrogen and oxygen atoms in total. The molecule has 0 aromatic carbocycles. The summed E-state index contributed by atoms with van der Waals surface area (Å²) in [7, 11) is 0. The Morgan fingerprint density at radius 1 is 1.38 bits per heavy atom. The Morgan fingerprint density at radius 2 is 1.94 bits per heavy atom. The zero-order chi connectivity index (χ0) is 12.5. The second kappa shape index (κ2) is 4.83. The van der Waals surface area contributed by atoms with Gasteiger partial charge in [-0.1, -0.05) is 27.5 Å². The normalized spacial score (nSPS) is 12.2. The van der Waals surface area contributed by atoms with Crippen LogP contribution in [-0.2, 0) is 11.5 Å². The summed E-state index contributed by atoms with van der Waals surface area (Å²) >= 11 is 8.23. The van der Waals surface area contributed by atoms with Gasteiger partial charge in [0.15, 0.2) is 0 Å². The number of hydrogen-bond donors (Lipinski definition) is 0. The van der Waals surface area contributed by atoms with Crippen LogP contribution < -0.4 is 0 Å². The van der Waals surface area contributed by atoms with Crippen LogP contribution >= 0.6 is 27.5 Å². The molecule has 1 heterocycles. The van der Waals surface area contributed by atoms with Crippen LogP contribution in [0.25, 0.3) is 0 Å². The summed E-state index contributed by atoms with van der Waals surface area (Å²) in [5, 5.41) is -0.900. The smallest absolute Gasteiger partial charge is 0.251 e. The average molecular weight is 324 g/mol. The summed E-state index contributed by atoms with van der Waals surface area (Å²) in [6.45, 7) is 0. The number of halogens is 7. The molecule has 1 rings (SSSR count). The Hall–Kier alpha value is -0.430. The first-order valence-electron chi connectivity index (χ1n) is 3.87. The lowest BCUT2D eigenvalue weighted by molar-refractivity contribution is -0.141. The molecule has 0 aliphatic carbocycles. The molecule has 0 amide bonds. The molecule has 0 N–H and O–H groups in total. The molecule has 90 valence electrons. The highest BCUT2D eigenvalue weighted by Crippen LogP contribution is 2.38. The number of aromatic nitrogens is 1. The molecule has 0 aliphatic heterocycles. The van der Waals surface area contributed by atoms with E-state index in [1.165, 1.54) is 0 Å². The van der Waals surface area contributed by atoms with Crippen LogP contribution in [0.5, 0.6) is 0 Å². The van der Waals surface area contributed by atoms with Crippen LogP contribution in [0.15, 0.2) is 6.20 Å². The van der Waals surface area contributed by atoms with Crippen LogP contribution in [0.1, 0.15) is 23.2 Å². The van der Waals surface area contributed by atoms with Crippen LogP contribution in [0.4, 0.5) is 22.0 Å². The topological polar surface area (TPSA) is 12.9 Å². The van der Waals surface area contributed by atoms with Gasteiger partial charge < -0.3 is 0 Å². The molecule has 0 radical (unpaired) electrons. The first-order valence-corrected chi connectivity index (χ1v) is 5.37. The summed E-state index contributed by atoms with van der Waals surface area (Å²) in [6.07, 6.45) is -7.23. The summed E-state index contributed by atoms with van der Waals surface area (Å²) in [5.41, 5.74) is -2.44. The van der Waals surface area contributed by atoms with E-state index in [2.05, 4.69) is 20.9 Å². The van der Waals surface area contributed by atoms with Crippen LogP contribution in [-0.4, -0.2) is 4.98 Å². The van der Waals surface area contributed by atoms with Crippen molar-refractivity contribution < 1.29 is 22.0 Å². The second-order valence-corrected chi connectivity index (χ2v) is 3.73. The van der Waals surface area contributed by atoms with Crippen LogP contribution in [0.2, 0.25) is 5.02 Å². The third-order valence-corrected chi connectivity index (χ3v) is 2.78. The van der Waals surface area contributed by atoms with Gasteiger partial charge in [-0.2, -0.15) is 13.2 Å². The van der Waals surface area contributed by atoms with E-state index in [0.717, 1.165) is 0 Å². The lowest BCUT2D eigenvalue weighted by Crippen LogP contribution is -2.13. The minimum atomic E-state index is -4.71. The van der Waals surface area contributed by atoms with Gasteiger partial charge in [-0.15, -0.1) is 0 Å². The lowest BCUT2D eigenvalue weighted by atomic mass is 10.1. The molecule has 16 heavy (non-hydrogen) atoms. The van der Waals surface area contributed by atoms with Crippen molar-refractivity contribution in [3.63, 3.8) is 0 Å². The van der Waals surface area contributed by atoms with E-state index in [9.17, 15) is 22.0 Å². The summed E-state index contributed by atoms with van der Waals surface area (Å²) in [5.74, 6) is 0. The SMILES string of the molecule is FC(F)c1cnc(C(F)(F)F)c(CBr)c1Cl. The molecule has 0 fully saturated rings. The third kappa shape index (κ3) is 2.63. The van der Waals surface area contributed by atoms with Crippen molar-refractivity contribution in [1.29, 1.82) is 0 Å². The maximum atomic E-state index is 12.4. The quantitative estimate of drug-likeness (QED) is 0.573. The zero-order valence-electron chi connectivity index (χ0n) is 7.45. The van der Waals surface area contributed by atoms with Gasteiger partial charge in [-0.25, -0.2) is 8.78 Å². The largest absolute Gasteiger partial charge is 0.433 e. The number of hydrogen-bond acceptors (Lipinski definition) is 1. The molecule has 0 saturated heterocycles. The Morgan fingerprint density at radius 3 is 2.31 bits per heavy atom. The Balaban J connectivity index is 3.41. The molecule has 0 aliphatic rings. The maximum Gasteiger partial charge on any atom is 0.433 e. The van der Waals surface area contributed by atoms with E-state index in [1.54, 1.807) is 0 Å². The minimum absolute atomic E-state index is 0.297. The van der Waals surface area contributed by atoms with E-state index in [-0.39, 0.29) is 5.33 Å². The first-order chi connectivity index (χ1) is 7.29. The van der Waals surface area contributed by atoms with Gasteiger partial charge in [0.25, 0.3) is 6.43 Å². The van der Waals surface area contributed by atoms with Crippen molar-refractivity contribution in [2.24, 2.45) is 0 Å². The van der Waals surface area contributed by atoms with E-state index in [1.807, 2.05) is 0 Å². The predicted octanol–water partition coefficient (Wildman–Crippen LogP) is 4.59. The van der Waals surface area contributed by atoms with Gasteiger partial charge >= 0.3 is 6.18 Å². The van der Waals surface area contributed by atoms with Gasteiger partial charge in [0.1, 0.15) is 5.69 Å². The molecule has 0 bridgehead atoms. The molecular weight excluding hydrogens is 320 g/mol. The second-order valence-electron chi connectivity index (χ2n) is 2.79. The van der Waals surface area contributed by atoms with Crippen molar-refractivity contribution in [1.82, 2.24) is 4.98 Å². The fourth-order valence-electron chi connectivity index (χ4n) is 1.07. The van der Waals surface area contributed by atoms with Gasteiger partial charge in [0, 0.05) is 17.1 Å². The van der Waals surface area contributed by atoms with Gasteiger partial charge in [-0.3, -0.25) is 4.98 Å². The molecule has 8 heteroatoms. The lowest BCUT2D eigenvalue weighted by Gasteiger charge is -2.13. The summed E-state index contributed by atoms with van der Waals surface area (Å²) in [6, 6.07) is 0. The monoisotopic (exact) mass is 323 g/mol. The van der Waals surface area contributed by atoms with Crippen LogP contribution in [0.3, 0.4) is 0 Å². The number of alkyl halides is 6. The van der Waals surface area contributed by atoms with Crippen LogP contribution in [0, 0.1) is 0 Å². The Kier molecular flexibility index (Phi) is 4.12. The van der Waals surface area contributed by atoms with Gasteiger partial charge in [0.2, 0.25) is 0 Å². The van der Waals surface area contributed by atoms with Crippen molar-refractivity contribution >= 4 is 27.5 Å². The van der Waals surface area contributed by atoms with Crippen molar-refractivity contribution in [2.75, 3.05) is 0 Å². The Labute approximate surface area is 101 Å². The average Bonchev–Trinajstić information content (AvgIpc) is 2.15. The zero-order valence-corrected chi connectivity index (χ0v) is 9.80. The molecule has 1 aromatic heterocycles. The highest BCUT2D eigenvalue weighted by molar-refractivity contribution is 9.08. The number of pyridine rings is 1.